The monoisotopic (exact) mass is 469 g/mol. The van der Waals surface area contributed by atoms with Crippen LogP contribution in [0.5, 0.6) is 0 Å². The van der Waals surface area contributed by atoms with Crippen molar-refractivity contribution in [3.63, 3.8) is 0 Å². The van der Waals surface area contributed by atoms with Gasteiger partial charge in [0.2, 0.25) is 5.96 Å². The molecule has 33 heavy (non-hydrogen) atoms. The molecule has 0 aromatic rings. The van der Waals surface area contributed by atoms with E-state index in [-0.39, 0.29) is 24.0 Å². The summed E-state index contributed by atoms with van der Waals surface area (Å²) in [7, 11) is 1.88. The van der Waals surface area contributed by atoms with Gasteiger partial charge in [-0.2, -0.15) is 0 Å². The lowest BCUT2D eigenvalue weighted by molar-refractivity contribution is 0.0247. The van der Waals surface area contributed by atoms with E-state index < -0.39 is 5.60 Å². The zero-order valence-corrected chi connectivity index (χ0v) is 20.7. The number of nitrogens with zero attached hydrogens (tertiary/aromatic N) is 5. The fourth-order valence-electron chi connectivity index (χ4n) is 2.42. The number of carbonyl (C=O) groups excluding carboxylic acids is 1. The first-order valence-corrected chi connectivity index (χ1v) is 11.0. The van der Waals surface area contributed by atoms with E-state index >= 15 is 0 Å². The molecule has 0 unspecified atom stereocenters. The average Bonchev–Trinajstić information content (AvgIpc) is 2.67. The van der Waals surface area contributed by atoms with E-state index in [4.69, 9.17) is 27.7 Å². The van der Waals surface area contributed by atoms with Crippen molar-refractivity contribution in [2.75, 3.05) is 46.3 Å². The summed E-state index contributed by atoms with van der Waals surface area (Å²) in [5, 5.41) is 5.81. The zero-order valence-electron chi connectivity index (χ0n) is 20.7. The predicted octanol–water partition coefficient (Wildman–Crippen LogP) is -0.476. The van der Waals surface area contributed by atoms with Gasteiger partial charge in [-0.15, -0.1) is 0 Å². The van der Waals surface area contributed by atoms with Gasteiger partial charge in [0.25, 0.3) is 0 Å². The van der Waals surface area contributed by atoms with Gasteiger partial charge in [0.15, 0.2) is 11.9 Å². The Morgan fingerprint density at radius 1 is 0.909 bits per heavy atom. The smallest absolute Gasteiger partial charge is 0.410 e. The van der Waals surface area contributed by atoms with E-state index in [0.29, 0.717) is 51.4 Å². The maximum Gasteiger partial charge on any atom is 0.410 e. The number of amidine groups is 1. The van der Waals surface area contributed by atoms with Crippen molar-refractivity contribution in [2.24, 2.45) is 42.9 Å². The summed E-state index contributed by atoms with van der Waals surface area (Å²) in [4.78, 5) is 30.4. The van der Waals surface area contributed by atoms with Crippen molar-refractivity contribution in [3.8, 4) is 0 Å². The molecule has 0 atom stereocenters. The van der Waals surface area contributed by atoms with E-state index in [1.807, 2.05) is 27.8 Å². The van der Waals surface area contributed by atoms with Crippen molar-refractivity contribution in [3.05, 3.63) is 0 Å². The number of aliphatic imine (C=N–C) groups is 4. The highest BCUT2D eigenvalue weighted by atomic mass is 16.6. The minimum Gasteiger partial charge on any atom is -0.444 e. The third-order valence-electron chi connectivity index (χ3n) is 3.79. The summed E-state index contributed by atoms with van der Waals surface area (Å²) in [5.74, 6) is 0.800. The summed E-state index contributed by atoms with van der Waals surface area (Å²) >= 11 is 0. The molecule has 0 aromatic heterocycles. The van der Waals surface area contributed by atoms with Crippen LogP contribution in [0.1, 0.15) is 47.0 Å². The van der Waals surface area contributed by atoms with Crippen LogP contribution in [0.2, 0.25) is 0 Å². The summed E-state index contributed by atoms with van der Waals surface area (Å²) in [6.07, 6.45) is 1.75. The standard InChI is InChI=1S/C20H43N11O2/c1-15(21)29-16(22)26-10-6-11-27-17(23)30-18(24)28-12-8-14-31(13-7-9-25-5)19(32)33-20(2,3)4/h25H,6-14H2,1-5H3,(H4,21,22,26,29)(H5,23,24,27,28,30). The van der Waals surface area contributed by atoms with E-state index in [1.54, 1.807) is 11.8 Å². The molecule has 0 radical (unpaired) electrons. The number of amides is 1. The molecule has 0 spiro atoms. The van der Waals surface area contributed by atoms with Crippen molar-refractivity contribution in [2.45, 2.75) is 52.6 Å². The van der Waals surface area contributed by atoms with Gasteiger partial charge in [-0.25, -0.2) is 9.79 Å². The van der Waals surface area contributed by atoms with Gasteiger partial charge in [0.1, 0.15) is 5.60 Å². The van der Waals surface area contributed by atoms with Gasteiger partial charge in [-0.1, -0.05) is 0 Å². The SMILES string of the molecule is CNCCCN(CCCN=C(N)NC(N)=NCCCN=C(N)/N=C(/C)N)C(=O)OC(C)(C)C. The second-order valence-electron chi connectivity index (χ2n) is 8.28. The van der Waals surface area contributed by atoms with Crippen LogP contribution in [0, 0.1) is 0 Å². The Labute approximate surface area is 197 Å². The molecule has 0 aliphatic heterocycles. The van der Waals surface area contributed by atoms with Crippen molar-refractivity contribution >= 4 is 29.8 Å². The highest BCUT2D eigenvalue weighted by Crippen LogP contribution is 2.10. The predicted molar refractivity (Wildman–Crippen MR) is 135 cm³/mol. The van der Waals surface area contributed by atoms with Gasteiger partial charge in [-0.3, -0.25) is 20.3 Å². The number of guanidine groups is 3. The summed E-state index contributed by atoms with van der Waals surface area (Å²) in [6, 6.07) is 0. The lowest BCUT2D eigenvalue weighted by atomic mass is 10.2. The maximum absolute atomic E-state index is 12.4. The first-order valence-electron chi connectivity index (χ1n) is 11.0. The molecule has 0 bridgehead atoms. The second kappa shape index (κ2) is 16.5. The third kappa shape index (κ3) is 18.2. The summed E-state index contributed by atoms with van der Waals surface area (Å²) in [6.45, 7) is 10.4. The molecular formula is C20H43N11O2. The molecule has 0 saturated carbocycles. The molecule has 0 rings (SSSR count). The number of rotatable bonds is 12. The Balaban J connectivity index is 4.44. The van der Waals surface area contributed by atoms with Gasteiger partial charge in [0, 0.05) is 32.7 Å². The molecule has 10 N–H and O–H groups in total. The number of nitrogens with two attached hydrogens (primary N) is 4. The normalized spacial score (nSPS) is 13.7. The molecule has 0 aromatic carbocycles. The van der Waals surface area contributed by atoms with Crippen LogP contribution in [-0.4, -0.2) is 86.6 Å². The molecule has 13 heteroatoms. The summed E-state index contributed by atoms with van der Waals surface area (Å²) < 4.78 is 5.48. The minimum absolute atomic E-state index is 0.133. The molecule has 0 fully saturated rings. The third-order valence-corrected chi connectivity index (χ3v) is 3.79. The maximum atomic E-state index is 12.4. The number of hydrogen-bond acceptors (Lipinski definition) is 6. The Morgan fingerprint density at radius 3 is 2.00 bits per heavy atom. The highest BCUT2D eigenvalue weighted by Gasteiger charge is 2.21. The number of carbonyl (C=O) groups is 1. The Kier molecular flexibility index (Phi) is 15.0. The first kappa shape index (κ1) is 29.9. The van der Waals surface area contributed by atoms with Crippen molar-refractivity contribution < 1.29 is 9.53 Å². The Bertz CT molecular complexity index is 693. The molecule has 13 nitrogen and oxygen atoms in total. The second-order valence-corrected chi connectivity index (χ2v) is 8.28. The molecule has 0 aliphatic rings. The Morgan fingerprint density at radius 2 is 1.45 bits per heavy atom. The number of nitrogens with one attached hydrogen (secondary N) is 2. The van der Waals surface area contributed by atoms with Crippen molar-refractivity contribution in [1.82, 2.24) is 15.5 Å². The highest BCUT2D eigenvalue weighted by molar-refractivity contribution is 5.97. The van der Waals surface area contributed by atoms with Gasteiger partial charge in [-0.05, 0) is 60.5 Å². The first-order chi connectivity index (χ1) is 15.4. The number of hydrogen-bond donors (Lipinski definition) is 6. The van der Waals surface area contributed by atoms with Crippen LogP contribution in [0.25, 0.3) is 0 Å². The molecule has 0 heterocycles. The molecule has 0 saturated heterocycles. The quantitative estimate of drug-likeness (QED) is 0.125. The molecule has 190 valence electrons. The van der Waals surface area contributed by atoms with Crippen LogP contribution in [0.3, 0.4) is 0 Å². The van der Waals surface area contributed by atoms with Crippen LogP contribution in [0.15, 0.2) is 20.0 Å². The van der Waals surface area contributed by atoms with Crippen LogP contribution in [-0.2, 0) is 4.74 Å². The number of ether oxygens (including phenoxy) is 1. The minimum atomic E-state index is -0.544. The Hall–Kier alpha value is -3.09. The fourth-order valence-corrected chi connectivity index (χ4v) is 2.42. The molecule has 1 amide bonds. The van der Waals surface area contributed by atoms with Crippen molar-refractivity contribution in [1.29, 1.82) is 0 Å². The molecular weight excluding hydrogens is 426 g/mol. The van der Waals surface area contributed by atoms with E-state index in [1.165, 1.54) is 0 Å². The van der Waals surface area contributed by atoms with Gasteiger partial charge in [0.05, 0.1) is 5.84 Å². The molecule has 0 aliphatic carbocycles. The fraction of sp³-hybridized carbons (Fsp3) is 0.750. The zero-order chi connectivity index (χ0) is 25.3. The van der Waals surface area contributed by atoms with E-state index in [0.717, 1.165) is 13.0 Å². The van der Waals surface area contributed by atoms with Gasteiger partial charge < -0.3 is 37.9 Å². The van der Waals surface area contributed by atoms with Crippen LogP contribution in [0.4, 0.5) is 4.79 Å². The van der Waals surface area contributed by atoms with Gasteiger partial charge >= 0.3 is 6.09 Å². The lowest BCUT2D eigenvalue weighted by Gasteiger charge is -2.27. The average molecular weight is 470 g/mol. The lowest BCUT2D eigenvalue weighted by Crippen LogP contribution is -2.42. The van der Waals surface area contributed by atoms with Crippen LogP contribution >= 0.6 is 0 Å². The summed E-state index contributed by atoms with van der Waals surface area (Å²) in [5.41, 5.74) is 22.1. The van der Waals surface area contributed by atoms with E-state index in [2.05, 4.69) is 30.6 Å². The largest absolute Gasteiger partial charge is 0.444 e. The van der Waals surface area contributed by atoms with Crippen LogP contribution < -0.4 is 33.6 Å². The topological polar surface area (TPSA) is 207 Å². The van der Waals surface area contributed by atoms with E-state index in [9.17, 15) is 4.79 Å².